The van der Waals surface area contributed by atoms with Crippen LogP contribution in [0.1, 0.15) is 38.2 Å². The monoisotopic (exact) mass is 331 g/mol. The van der Waals surface area contributed by atoms with E-state index >= 15 is 0 Å². The van der Waals surface area contributed by atoms with Crippen molar-refractivity contribution in [3.63, 3.8) is 0 Å². The second-order valence-corrected chi connectivity index (χ2v) is 6.87. The minimum absolute atomic E-state index is 0.0569. The molecule has 1 heterocycles. The van der Waals surface area contributed by atoms with Crippen molar-refractivity contribution in [2.45, 2.75) is 50.6 Å². The molecule has 1 saturated carbocycles. The smallest absolute Gasteiger partial charge is 0.230 e. The highest BCUT2D eigenvalue weighted by molar-refractivity contribution is 6.30. The SMILES string of the molecule is CC(Cn1ccnc1)NC(=O)C1(c2ccc(Cl)cc2)CCCC1. The predicted octanol–water partition coefficient (Wildman–Crippen LogP) is 3.55. The third-order valence-electron chi connectivity index (χ3n) is 4.71. The van der Waals surface area contributed by atoms with E-state index in [0.29, 0.717) is 5.02 Å². The van der Waals surface area contributed by atoms with Gasteiger partial charge in [0, 0.05) is 30.0 Å². The van der Waals surface area contributed by atoms with E-state index in [0.717, 1.165) is 37.8 Å². The van der Waals surface area contributed by atoms with Gasteiger partial charge in [-0.25, -0.2) is 4.98 Å². The van der Waals surface area contributed by atoms with Crippen molar-refractivity contribution in [1.29, 1.82) is 0 Å². The summed E-state index contributed by atoms with van der Waals surface area (Å²) >= 11 is 6.00. The van der Waals surface area contributed by atoms with Crippen molar-refractivity contribution in [3.8, 4) is 0 Å². The summed E-state index contributed by atoms with van der Waals surface area (Å²) in [6.07, 6.45) is 9.41. The van der Waals surface area contributed by atoms with Crippen molar-refractivity contribution in [1.82, 2.24) is 14.9 Å². The standard InChI is InChI=1S/C18H22ClN3O/c1-14(12-22-11-10-20-13-22)21-17(23)18(8-2-3-9-18)15-4-6-16(19)7-5-15/h4-7,10-11,13-14H,2-3,8-9,12H2,1H3,(H,21,23). The van der Waals surface area contributed by atoms with Crippen molar-refractivity contribution in [2.24, 2.45) is 0 Å². The number of aromatic nitrogens is 2. The Kier molecular flexibility index (Phi) is 4.71. The number of carbonyl (C=O) groups excluding carboxylic acids is 1. The molecule has 0 aliphatic heterocycles. The Labute approximate surface area is 141 Å². The third-order valence-corrected chi connectivity index (χ3v) is 4.96. The van der Waals surface area contributed by atoms with Gasteiger partial charge in [0.25, 0.3) is 0 Å². The van der Waals surface area contributed by atoms with E-state index in [-0.39, 0.29) is 11.9 Å². The lowest BCUT2D eigenvalue weighted by molar-refractivity contribution is -0.127. The summed E-state index contributed by atoms with van der Waals surface area (Å²) in [5, 5.41) is 3.90. The van der Waals surface area contributed by atoms with Gasteiger partial charge in [0.1, 0.15) is 0 Å². The maximum absolute atomic E-state index is 13.0. The molecule has 0 spiro atoms. The topological polar surface area (TPSA) is 46.9 Å². The summed E-state index contributed by atoms with van der Waals surface area (Å²) in [5.41, 5.74) is 0.667. The van der Waals surface area contributed by atoms with Gasteiger partial charge >= 0.3 is 0 Å². The van der Waals surface area contributed by atoms with Crippen LogP contribution in [0.3, 0.4) is 0 Å². The van der Waals surface area contributed by atoms with Crippen LogP contribution < -0.4 is 5.32 Å². The Morgan fingerprint density at radius 1 is 1.35 bits per heavy atom. The summed E-state index contributed by atoms with van der Waals surface area (Å²) in [6, 6.07) is 7.79. The Morgan fingerprint density at radius 2 is 2.04 bits per heavy atom. The van der Waals surface area contributed by atoms with Crippen LogP contribution in [0, 0.1) is 0 Å². The lowest BCUT2D eigenvalue weighted by atomic mass is 9.78. The Balaban J connectivity index is 1.75. The molecule has 1 N–H and O–H groups in total. The Hall–Kier alpha value is -1.81. The number of nitrogens with one attached hydrogen (secondary N) is 1. The molecule has 1 unspecified atom stereocenters. The molecule has 23 heavy (non-hydrogen) atoms. The van der Waals surface area contributed by atoms with Gasteiger partial charge < -0.3 is 9.88 Å². The molecular weight excluding hydrogens is 310 g/mol. The summed E-state index contributed by atoms with van der Waals surface area (Å²) in [5.74, 6) is 0.130. The first-order valence-corrected chi connectivity index (χ1v) is 8.51. The van der Waals surface area contributed by atoms with E-state index in [1.807, 2.05) is 42.0 Å². The van der Waals surface area contributed by atoms with E-state index in [1.54, 1.807) is 12.5 Å². The maximum Gasteiger partial charge on any atom is 0.230 e. The Morgan fingerprint density at radius 3 is 2.65 bits per heavy atom. The number of amides is 1. The second kappa shape index (κ2) is 6.75. The van der Waals surface area contributed by atoms with E-state index in [1.165, 1.54) is 0 Å². The largest absolute Gasteiger partial charge is 0.351 e. The molecule has 1 aliphatic carbocycles. The lowest BCUT2D eigenvalue weighted by Gasteiger charge is -2.30. The molecule has 1 aromatic carbocycles. The maximum atomic E-state index is 13.0. The van der Waals surface area contributed by atoms with Crippen molar-refractivity contribution in [3.05, 3.63) is 53.6 Å². The fourth-order valence-corrected chi connectivity index (χ4v) is 3.64. The molecule has 122 valence electrons. The van der Waals surface area contributed by atoms with Gasteiger partial charge in [-0.1, -0.05) is 36.6 Å². The molecule has 3 rings (SSSR count). The minimum Gasteiger partial charge on any atom is -0.351 e. The molecule has 1 amide bonds. The number of benzene rings is 1. The molecule has 0 radical (unpaired) electrons. The van der Waals surface area contributed by atoms with E-state index in [2.05, 4.69) is 10.3 Å². The average Bonchev–Trinajstić information content (AvgIpc) is 3.19. The molecule has 5 heteroatoms. The molecule has 1 aliphatic rings. The number of carbonyl (C=O) groups is 1. The summed E-state index contributed by atoms with van der Waals surface area (Å²) < 4.78 is 1.98. The number of nitrogens with zero attached hydrogens (tertiary/aromatic N) is 2. The summed E-state index contributed by atoms with van der Waals surface area (Å²) in [6.45, 7) is 2.75. The summed E-state index contributed by atoms with van der Waals surface area (Å²) in [4.78, 5) is 17.1. The summed E-state index contributed by atoms with van der Waals surface area (Å²) in [7, 11) is 0. The highest BCUT2D eigenvalue weighted by atomic mass is 35.5. The Bertz CT molecular complexity index is 645. The minimum atomic E-state index is -0.409. The number of hydrogen-bond donors (Lipinski definition) is 1. The van der Waals surface area contributed by atoms with Crippen LogP contribution in [0.25, 0.3) is 0 Å². The van der Waals surface area contributed by atoms with Crippen LogP contribution in [-0.2, 0) is 16.8 Å². The molecule has 0 saturated heterocycles. The molecule has 4 nitrogen and oxygen atoms in total. The van der Waals surface area contributed by atoms with Crippen molar-refractivity contribution < 1.29 is 4.79 Å². The quantitative estimate of drug-likeness (QED) is 0.910. The zero-order valence-electron chi connectivity index (χ0n) is 13.3. The molecule has 2 aromatic rings. The highest BCUT2D eigenvalue weighted by Crippen LogP contribution is 2.41. The van der Waals surface area contributed by atoms with Crippen LogP contribution in [0.5, 0.6) is 0 Å². The predicted molar refractivity (Wildman–Crippen MR) is 91.4 cm³/mol. The van der Waals surface area contributed by atoms with E-state index in [4.69, 9.17) is 11.6 Å². The number of rotatable bonds is 5. The molecule has 1 aromatic heterocycles. The van der Waals surface area contributed by atoms with Gasteiger partial charge in [0.15, 0.2) is 0 Å². The van der Waals surface area contributed by atoms with Crippen LogP contribution in [0.15, 0.2) is 43.0 Å². The molecule has 0 bridgehead atoms. The molecule has 1 atom stereocenters. The van der Waals surface area contributed by atoms with Crippen molar-refractivity contribution >= 4 is 17.5 Å². The first-order valence-electron chi connectivity index (χ1n) is 8.13. The fourth-order valence-electron chi connectivity index (χ4n) is 3.51. The zero-order valence-corrected chi connectivity index (χ0v) is 14.1. The van der Waals surface area contributed by atoms with E-state index in [9.17, 15) is 4.79 Å². The van der Waals surface area contributed by atoms with Crippen molar-refractivity contribution in [2.75, 3.05) is 0 Å². The van der Waals surface area contributed by atoms with Crippen LogP contribution >= 0.6 is 11.6 Å². The van der Waals surface area contributed by atoms with Crippen LogP contribution in [0.4, 0.5) is 0 Å². The van der Waals surface area contributed by atoms with Crippen LogP contribution in [-0.4, -0.2) is 21.5 Å². The fraction of sp³-hybridized carbons (Fsp3) is 0.444. The first-order chi connectivity index (χ1) is 11.1. The van der Waals surface area contributed by atoms with Gasteiger partial charge in [0.2, 0.25) is 5.91 Å². The highest BCUT2D eigenvalue weighted by Gasteiger charge is 2.42. The number of halogens is 1. The van der Waals surface area contributed by atoms with Gasteiger partial charge in [-0.05, 0) is 37.5 Å². The average molecular weight is 332 g/mol. The normalized spacial score (nSPS) is 17.8. The van der Waals surface area contributed by atoms with Gasteiger partial charge in [0.05, 0.1) is 11.7 Å². The first kappa shape index (κ1) is 16.1. The zero-order chi connectivity index (χ0) is 16.3. The van der Waals surface area contributed by atoms with Gasteiger partial charge in [-0.3, -0.25) is 4.79 Å². The molecule has 1 fully saturated rings. The third kappa shape index (κ3) is 3.42. The van der Waals surface area contributed by atoms with E-state index < -0.39 is 5.41 Å². The van der Waals surface area contributed by atoms with Gasteiger partial charge in [-0.2, -0.15) is 0 Å². The van der Waals surface area contributed by atoms with Gasteiger partial charge in [-0.15, -0.1) is 0 Å². The lowest BCUT2D eigenvalue weighted by Crippen LogP contribution is -2.47. The number of imidazole rings is 1. The molecular formula is C18H22ClN3O. The second-order valence-electron chi connectivity index (χ2n) is 6.43. The van der Waals surface area contributed by atoms with Crippen LogP contribution in [0.2, 0.25) is 5.02 Å². The number of hydrogen-bond acceptors (Lipinski definition) is 2.